The van der Waals surface area contributed by atoms with E-state index >= 15 is 0 Å². The lowest BCUT2D eigenvalue weighted by atomic mass is 10.0. The van der Waals surface area contributed by atoms with E-state index in [1.54, 1.807) is 4.90 Å². The first-order chi connectivity index (χ1) is 5.72. The van der Waals surface area contributed by atoms with Crippen LogP contribution in [0, 0.1) is 0 Å². The molecule has 4 heteroatoms. The number of fused-ring (bicyclic) bond motifs is 1. The third-order valence-electron chi connectivity index (χ3n) is 2.80. The fourth-order valence-electron chi connectivity index (χ4n) is 2.11. The van der Waals surface area contributed by atoms with Gasteiger partial charge >= 0.3 is 0 Å². The van der Waals surface area contributed by atoms with Crippen molar-refractivity contribution in [3.05, 3.63) is 0 Å². The zero-order chi connectivity index (χ0) is 8.72. The molecule has 2 saturated heterocycles. The molecule has 0 aromatic carbocycles. The fourth-order valence-corrected chi connectivity index (χ4v) is 2.11. The maximum atomic E-state index is 11.3. The molecule has 12 heavy (non-hydrogen) atoms. The summed E-state index contributed by atoms with van der Waals surface area (Å²) in [4.78, 5) is 12.9. The van der Waals surface area contributed by atoms with Crippen LogP contribution in [0.3, 0.4) is 0 Å². The fraction of sp³-hybridized carbons (Fsp3) is 0.875. The van der Waals surface area contributed by atoms with Crippen molar-refractivity contribution in [1.29, 1.82) is 0 Å². The Morgan fingerprint density at radius 2 is 2.08 bits per heavy atom. The Morgan fingerprint density at radius 1 is 1.33 bits per heavy atom. The quantitative estimate of drug-likeness (QED) is 0.496. The van der Waals surface area contributed by atoms with Crippen LogP contribution in [0.4, 0.5) is 0 Å². The Balaban J connectivity index is 2.19. The van der Waals surface area contributed by atoms with Gasteiger partial charge in [0.15, 0.2) is 6.10 Å². The Morgan fingerprint density at radius 3 is 2.75 bits per heavy atom. The van der Waals surface area contributed by atoms with Gasteiger partial charge in [-0.1, -0.05) is 0 Å². The smallest absolute Gasteiger partial charge is 0.254 e. The first-order valence-corrected chi connectivity index (χ1v) is 4.38. The van der Waals surface area contributed by atoms with Crippen molar-refractivity contribution in [2.75, 3.05) is 6.54 Å². The van der Waals surface area contributed by atoms with E-state index in [0.717, 1.165) is 19.3 Å². The van der Waals surface area contributed by atoms with Crippen molar-refractivity contribution in [2.24, 2.45) is 0 Å². The third kappa shape index (κ3) is 0.949. The van der Waals surface area contributed by atoms with E-state index in [4.69, 9.17) is 0 Å². The lowest BCUT2D eigenvalue weighted by Gasteiger charge is -2.30. The van der Waals surface area contributed by atoms with Crippen LogP contribution in [-0.4, -0.2) is 45.8 Å². The average molecular weight is 171 g/mol. The molecule has 2 aliphatic rings. The van der Waals surface area contributed by atoms with E-state index in [9.17, 15) is 15.0 Å². The summed E-state index contributed by atoms with van der Waals surface area (Å²) in [6.45, 7) is 0.692. The van der Waals surface area contributed by atoms with E-state index in [0.29, 0.717) is 6.54 Å². The summed E-state index contributed by atoms with van der Waals surface area (Å²) < 4.78 is 0. The first kappa shape index (κ1) is 8.01. The summed E-state index contributed by atoms with van der Waals surface area (Å²) in [5.41, 5.74) is 0. The molecule has 0 aliphatic carbocycles. The summed E-state index contributed by atoms with van der Waals surface area (Å²) in [6.07, 6.45) is 0.815. The van der Waals surface area contributed by atoms with E-state index < -0.39 is 12.2 Å². The molecule has 68 valence electrons. The standard InChI is InChI=1S/C8H13NO3/c10-6-5-3-1-2-4-9(5)8(12)7(6)11/h5-7,10-11H,1-4H2/t5-,6-,7+/m1/s1. The largest absolute Gasteiger partial charge is 0.388 e. The van der Waals surface area contributed by atoms with Gasteiger partial charge < -0.3 is 15.1 Å². The number of nitrogens with zero attached hydrogens (tertiary/aromatic N) is 1. The molecule has 2 fully saturated rings. The van der Waals surface area contributed by atoms with Gasteiger partial charge in [0.2, 0.25) is 0 Å². The van der Waals surface area contributed by atoms with Gasteiger partial charge in [-0.25, -0.2) is 0 Å². The third-order valence-corrected chi connectivity index (χ3v) is 2.80. The normalized spacial score (nSPS) is 41.7. The number of hydrogen-bond acceptors (Lipinski definition) is 3. The highest BCUT2D eigenvalue weighted by Crippen LogP contribution is 2.28. The van der Waals surface area contributed by atoms with Crippen molar-refractivity contribution in [3.63, 3.8) is 0 Å². The van der Waals surface area contributed by atoms with Crippen molar-refractivity contribution in [2.45, 2.75) is 37.5 Å². The molecule has 2 rings (SSSR count). The number of aliphatic hydroxyl groups excluding tert-OH is 2. The molecule has 0 aromatic heterocycles. The van der Waals surface area contributed by atoms with Gasteiger partial charge in [0.05, 0.1) is 6.04 Å². The number of piperidine rings is 1. The molecule has 0 saturated carbocycles. The second-order valence-corrected chi connectivity index (χ2v) is 3.53. The number of carbonyl (C=O) groups excluding carboxylic acids is 1. The zero-order valence-corrected chi connectivity index (χ0v) is 6.81. The maximum Gasteiger partial charge on any atom is 0.254 e. The second kappa shape index (κ2) is 2.71. The first-order valence-electron chi connectivity index (χ1n) is 4.38. The van der Waals surface area contributed by atoms with E-state index in [2.05, 4.69) is 0 Å². The summed E-state index contributed by atoms with van der Waals surface area (Å²) in [5.74, 6) is -0.299. The van der Waals surface area contributed by atoms with Crippen molar-refractivity contribution < 1.29 is 15.0 Å². The highest BCUT2D eigenvalue weighted by atomic mass is 16.3. The van der Waals surface area contributed by atoms with Crippen LogP contribution in [0.15, 0.2) is 0 Å². The number of rotatable bonds is 0. The molecule has 0 unspecified atom stereocenters. The number of carbonyl (C=O) groups is 1. The highest BCUT2D eigenvalue weighted by Gasteiger charge is 2.46. The minimum atomic E-state index is -1.17. The van der Waals surface area contributed by atoms with Crippen LogP contribution in [0.1, 0.15) is 19.3 Å². The number of amides is 1. The van der Waals surface area contributed by atoms with Gasteiger partial charge in [0.1, 0.15) is 6.10 Å². The Bertz CT molecular complexity index is 206. The van der Waals surface area contributed by atoms with E-state index in [-0.39, 0.29) is 11.9 Å². The topological polar surface area (TPSA) is 60.8 Å². The molecular formula is C8H13NO3. The van der Waals surface area contributed by atoms with Gasteiger partial charge in [-0.15, -0.1) is 0 Å². The zero-order valence-electron chi connectivity index (χ0n) is 6.81. The lowest BCUT2D eigenvalue weighted by Crippen LogP contribution is -2.40. The molecule has 2 aliphatic heterocycles. The number of aliphatic hydroxyl groups is 2. The monoisotopic (exact) mass is 171 g/mol. The highest BCUT2D eigenvalue weighted by molar-refractivity contribution is 5.84. The summed E-state index contributed by atoms with van der Waals surface area (Å²) in [6, 6.07) is -0.124. The predicted octanol–water partition coefficient (Wildman–Crippen LogP) is -0.897. The molecule has 3 atom stereocenters. The van der Waals surface area contributed by atoms with Crippen LogP contribution >= 0.6 is 0 Å². The second-order valence-electron chi connectivity index (χ2n) is 3.53. The van der Waals surface area contributed by atoms with Gasteiger partial charge in [-0.3, -0.25) is 4.79 Å². The van der Waals surface area contributed by atoms with E-state index in [1.165, 1.54) is 0 Å². The molecule has 0 radical (unpaired) electrons. The maximum absolute atomic E-state index is 11.3. The summed E-state index contributed by atoms with van der Waals surface area (Å²) >= 11 is 0. The van der Waals surface area contributed by atoms with Crippen LogP contribution < -0.4 is 0 Å². The molecular weight excluding hydrogens is 158 g/mol. The molecule has 2 heterocycles. The van der Waals surface area contributed by atoms with Gasteiger partial charge in [0, 0.05) is 6.54 Å². The van der Waals surface area contributed by atoms with Crippen molar-refractivity contribution in [3.8, 4) is 0 Å². The molecule has 1 amide bonds. The lowest BCUT2D eigenvalue weighted by molar-refractivity contribution is -0.136. The Hall–Kier alpha value is -0.610. The molecule has 2 N–H and O–H groups in total. The summed E-state index contributed by atoms with van der Waals surface area (Å²) in [7, 11) is 0. The summed E-state index contributed by atoms with van der Waals surface area (Å²) in [5, 5.41) is 18.7. The minimum Gasteiger partial charge on any atom is -0.388 e. The van der Waals surface area contributed by atoms with E-state index in [1.807, 2.05) is 0 Å². The molecule has 0 aromatic rings. The molecule has 0 bridgehead atoms. The van der Waals surface area contributed by atoms with Gasteiger partial charge in [-0.05, 0) is 19.3 Å². The Labute approximate surface area is 70.8 Å². The average Bonchev–Trinajstić information content (AvgIpc) is 2.33. The number of hydrogen-bond donors (Lipinski definition) is 2. The Kier molecular flexibility index (Phi) is 1.81. The van der Waals surface area contributed by atoms with Gasteiger partial charge in [0.25, 0.3) is 5.91 Å². The van der Waals surface area contributed by atoms with Crippen LogP contribution in [-0.2, 0) is 4.79 Å². The van der Waals surface area contributed by atoms with Crippen LogP contribution in [0.2, 0.25) is 0 Å². The molecule has 4 nitrogen and oxygen atoms in total. The van der Waals surface area contributed by atoms with Crippen molar-refractivity contribution >= 4 is 5.91 Å². The predicted molar refractivity (Wildman–Crippen MR) is 41.4 cm³/mol. The van der Waals surface area contributed by atoms with Crippen LogP contribution in [0.5, 0.6) is 0 Å². The molecule has 0 spiro atoms. The van der Waals surface area contributed by atoms with Gasteiger partial charge in [-0.2, -0.15) is 0 Å². The van der Waals surface area contributed by atoms with Crippen LogP contribution in [0.25, 0.3) is 0 Å². The van der Waals surface area contributed by atoms with Crippen molar-refractivity contribution in [1.82, 2.24) is 4.90 Å². The minimum absolute atomic E-state index is 0.124. The SMILES string of the molecule is O=C1[C@@H](O)[C@H](O)[C@H]2CCCCN12.